The molecule has 3 aromatic heterocycles. The highest BCUT2D eigenvalue weighted by molar-refractivity contribution is 6.35. The first-order valence-electron chi connectivity index (χ1n) is 11.1. The van der Waals surface area contributed by atoms with Crippen LogP contribution in [0, 0.1) is 0 Å². The number of carbonyl (C=O) groups excluding carboxylic acids is 1. The summed E-state index contributed by atoms with van der Waals surface area (Å²) in [5.41, 5.74) is 15.6. The Morgan fingerprint density at radius 1 is 1.11 bits per heavy atom. The van der Waals surface area contributed by atoms with Crippen molar-refractivity contribution in [3.63, 3.8) is 0 Å². The third kappa shape index (κ3) is 4.75. The van der Waals surface area contributed by atoms with Crippen LogP contribution in [0.15, 0.2) is 48.9 Å². The van der Waals surface area contributed by atoms with E-state index in [2.05, 4.69) is 20.2 Å². The topological polar surface area (TPSA) is 136 Å². The number of piperidine rings is 1. The Morgan fingerprint density at radius 3 is 2.51 bits per heavy atom. The first-order chi connectivity index (χ1) is 16.9. The van der Waals surface area contributed by atoms with Crippen LogP contribution in [0.5, 0.6) is 5.75 Å². The molecule has 0 unspecified atom stereocenters. The number of nitrogens with two attached hydrogens (primary N) is 2. The van der Waals surface area contributed by atoms with Crippen LogP contribution in [0.4, 0.5) is 4.79 Å². The smallest absolute Gasteiger partial charge is 0.314 e. The van der Waals surface area contributed by atoms with Crippen LogP contribution < -0.4 is 16.2 Å². The van der Waals surface area contributed by atoms with E-state index in [1.807, 2.05) is 30.5 Å². The maximum Gasteiger partial charge on any atom is 0.314 e. The summed E-state index contributed by atoms with van der Waals surface area (Å²) in [6.07, 6.45) is 5.58. The molecule has 5 rings (SSSR count). The molecule has 0 aliphatic carbocycles. The highest BCUT2D eigenvalue weighted by Crippen LogP contribution is 2.34. The molecule has 0 radical (unpaired) electrons. The summed E-state index contributed by atoms with van der Waals surface area (Å²) >= 11 is 12.4. The molecule has 1 aromatic carbocycles. The van der Waals surface area contributed by atoms with Crippen molar-refractivity contribution in [2.75, 3.05) is 13.1 Å². The van der Waals surface area contributed by atoms with E-state index in [0.717, 1.165) is 40.7 Å². The fraction of sp³-hybridized carbons (Fsp3) is 0.250. The second-order valence-electron chi connectivity index (χ2n) is 8.41. The van der Waals surface area contributed by atoms with Crippen LogP contribution in [0.2, 0.25) is 10.0 Å². The van der Waals surface area contributed by atoms with E-state index in [9.17, 15) is 4.79 Å². The SMILES string of the molecule is NC(=O)N1CCC(c2ccc(-c3n[nH]c4ccc(O[C@H](N)c5c(Cl)cncc5Cl)cc34)cn2)CC1. The van der Waals surface area contributed by atoms with Crippen molar-refractivity contribution in [1.29, 1.82) is 0 Å². The number of benzene rings is 1. The van der Waals surface area contributed by atoms with E-state index >= 15 is 0 Å². The molecular formula is C24H23Cl2N7O2. The lowest BCUT2D eigenvalue weighted by atomic mass is 9.93. The number of fused-ring (bicyclic) bond motifs is 1. The maximum absolute atomic E-state index is 11.4. The first-order valence-corrected chi connectivity index (χ1v) is 11.9. The zero-order valence-corrected chi connectivity index (χ0v) is 20.1. The van der Waals surface area contributed by atoms with Crippen molar-refractivity contribution in [3.8, 4) is 17.0 Å². The molecular weight excluding hydrogens is 489 g/mol. The average Bonchev–Trinajstić information content (AvgIpc) is 3.27. The van der Waals surface area contributed by atoms with Crippen molar-refractivity contribution in [1.82, 2.24) is 25.1 Å². The molecule has 11 heteroatoms. The van der Waals surface area contributed by atoms with Gasteiger partial charge in [0.05, 0.1) is 15.6 Å². The summed E-state index contributed by atoms with van der Waals surface area (Å²) < 4.78 is 5.94. The van der Waals surface area contributed by atoms with Crippen molar-refractivity contribution < 1.29 is 9.53 Å². The van der Waals surface area contributed by atoms with Gasteiger partial charge in [0.2, 0.25) is 0 Å². The zero-order chi connectivity index (χ0) is 24.5. The number of nitrogens with zero attached hydrogens (tertiary/aromatic N) is 4. The molecule has 1 atom stereocenters. The highest BCUT2D eigenvalue weighted by atomic mass is 35.5. The largest absolute Gasteiger partial charge is 0.471 e. The van der Waals surface area contributed by atoms with Gasteiger partial charge in [0.15, 0.2) is 6.23 Å². The van der Waals surface area contributed by atoms with E-state index in [1.165, 1.54) is 12.4 Å². The van der Waals surface area contributed by atoms with Crippen LogP contribution in [-0.4, -0.2) is 44.2 Å². The van der Waals surface area contributed by atoms with E-state index in [0.29, 0.717) is 40.4 Å². The zero-order valence-electron chi connectivity index (χ0n) is 18.6. The summed E-state index contributed by atoms with van der Waals surface area (Å²) in [6.45, 7) is 1.29. The number of primary amides is 1. The van der Waals surface area contributed by atoms with E-state index in [1.54, 1.807) is 11.0 Å². The van der Waals surface area contributed by atoms with Gasteiger partial charge in [0.25, 0.3) is 0 Å². The van der Waals surface area contributed by atoms with Gasteiger partial charge in [-0.25, -0.2) is 4.79 Å². The minimum atomic E-state index is -0.868. The molecule has 9 nitrogen and oxygen atoms in total. The van der Waals surface area contributed by atoms with Gasteiger partial charge in [-0.3, -0.25) is 20.8 Å². The normalized spacial score (nSPS) is 15.3. The van der Waals surface area contributed by atoms with Gasteiger partial charge >= 0.3 is 6.03 Å². The van der Waals surface area contributed by atoms with Crippen LogP contribution >= 0.6 is 23.2 Å². The number of pyridine rings is 2. The van der Waals surface area contributed by atoms with Gasteiger partial charge in [-0.15, -0.1) is 0 Å². The standard InChI is InChI=1S/C24H23Cl2N7O2/c25-17-11-29-12-18(26)21(17)23(27)35-15-2-4-20-16(9-15)22(32-31-20)14-1-3-19(30-10-14)13-5-7-33(8-6-13)24(28)34/h1-4,9-13,23H,5-8,27H2,(H2,28,34)(H,31,32)/t23-/m0/s1. The monoisotopic (exact) mass is 511 g/mol. The van der Waals surface area contributed by atoms with Crippen molar-refractivity contribution in [2.24, 2.45) is 11.5 Å². The molecule has 0 spiro atoms. The van der Waals surface area contributed by atoms with Crippen LogP contribution in [-0.2, 0) is 0 Å². The number of likely N-dealkylation sites (tertiary alicyclic amines) is 1. The molecule has 0 saturated carbocycles. The lowest BCUT2D eigenvalue weighted by Crippen LogP contribution is -2.41. The Morgan fingerprint density at radius 2 is 1.86 bits per heavy atom. The third-order valence-corrected chi connectivity index (χ3v) is 6.86. The molecule has 4 heterocycles. The fourth-order valence-corrected chi connectivity index (χ4v) is 4.95. The number of hydrogen-bond donors (Lipinski definition) is 3. The van der Waals surface area contributed by atoms with Gasteiger partial charge in [-0.2, -0.15) is 5.10 Å². The number of halogens is 2. The molecule has 35 heavy (non-hydrogen) atoms. The number of nitrogens with one attached hydrogen (secondary N) is 1. The number of rotatable bonds is 5. The number of H-pyrrole nitrogens is 1. The first kappa shape index (κ1) is 23.3. The molecule has 4 aromatic rings. The molecule has 0 bridgehead atoms. The number of carbonyl (C=O) groups is 1. The van der Waals surface area contributed by atoms with Gasteiger partial charge in [0.1, 0.15) is 11.4 Å². The van der Waals surface area contributed by atoms with Crippen LogP contribution in [0.25, 0.3) is 22.2 Å². The molecule has 1 aliphatic heterocycles. The third-order valence-electron chi connectivity index (χ3n) is 6.26. The minimum Gasteiger partial charge on any atom is -0.471 e. The number of amides is 2. The predicted molar refractivity (Wildman–Crippen MR) is 134 cm³/mol. The Labute approximate surface area is 211 Å². The van der Waals surface area contributed by atoms with Crippen LogP contribution in [0.1, 0.15) is 36.2 Å². The molecule has 5 N–H and O–H groups in total. The number of aromatic nitrogens is 4. The number of aromatic amines is 1. The predicted octanol–water partition coefficient (Wildman–Crippen LogP) is 4.62. The summed E-state index contributed by atoms with van der Waals surface area (Å²) in [5.74, 6) is 0.839. The average molecular weight is 512 g/mol. The molecule has 2 amide bonds. The molecule has 180 valence electrons. The number of ether oxygens (including phenoxy) is 1. The second kappa shape index (κ2) is 9.69. The Bertz CT molecular complexity index is 1350. The minimum absolute atomic E-state index is 0.295. The van der Waals surface area contributed by atoms with Gasteiger partial charge in [0, 0.05) is 59.8 Å². The fourth-order valence-electron chi connectivity index (χ4n) is 4.37. The second-order valence-corrected chi connectivity index (χ2v) is 9.22. The number of hydrogen-bond acceptors (Lipinski definition) is 6. The Balaban J connectivity index is 1.36. The van der Waals surface area contributed by atoms with E-state index < -0.39 is 6.23 Å². The Kier molecular flexibility index (Phi) is 6.46. The summed E-state index contributed by atoms with van der Waals surface area (Å²) in [6, 6.07) is 9.20. The molecule has 1 saturated heterocycles. The highest BCUT2D eigenvalue weighted by Gasteiger charge is 2.23. The molecule has 1 fully saturated rings. The summed E-state index contributed by atoms with van der Waals surface area (Å²) in [7, 11) is 0. The quantitative estimate of drug-likeness (QED) is 0.334. The van der Waals surface area contributed by atoms with Crippen molar-refractivity contribution >= 4 is 40.1 Å². The van der Waals surface area contributed by atoms with E-state index in [-0.39, 0.29) is 6.03 Å². The number of urea groups is 1. The maximum atomic E-state index is 11.4. The lowest BCUT2D eigenvalue weighted by Gasteiger charge is -2.30. The lowest BCUT2D eigenvalue weighted by molar-refractivity contribution is 0.190. The molecule has 1 aliphatic rings. The van der Waals surface area contributed by atoms with Crippen LogP contribution in [0.3, 0.4) is 0 Å². The summed E-state index contributed by atoms with van der Waals surface area (Å²) in [4.78, 5) is 21.7. The van der Waals surface area contributed by atoms with Gasteiger partial charge in [-0.05, 0) is 43.2 Å². The van der Waals surface area contributed by atoms with Crippen molar-refractivity contribution in [2.45, 2.75) is 25.0 Å². The van der Waals surface area contributed by atoms with E-state index in [4.69, 9.17) is 39.4 Å². The van der Waals surface area contributed by atoms with Gasteiger partial charge < -0.3 is 15.4 Å². The van der Waals surface area contributed by atoms with Gasteiger partial charge in [-0.1, -0.05) is 23.2 Å². The van der Waals surface area contributed by atoms with Crippen molar-refractivity contribution in [3.05, 3.63) is 70.2 Å². The summed E-state index contributed by atoms with van der Waals surface area (Å²) in [5, 5.41) is 9.07. The Hall–Kier alpha value is -3.40.